The zero-order valence-corrected chi connectivity index (χ0v) is 14.9. The first kappa shape index (κ1) is 17.6. The number of amides is 1. The number of carbonyl (C=O) groups excluding carboxylic acids is 1. The minimum absolute atomic E-state index is 0.219. The number of hydrogen-bond acceptors (Lipinski definition) is 3. The van der Waals surface area contributed by atoms with E-state index in [9.17, 15) is 9.18 Å². The molecular formula is C22H17FN4O. The molecule has 28 heavy (non-hydrogen) atoms. The molecule has 1 amide bonds. The van der Waals surface area contributed by atoms with Gasteiger partial charge in [-0.05, 0) is 47.5 Å². The lowest BCUT2D eigenvalue weighted by molar-refractivity contribution is 0.0943. The van der Waals surface area contributed by atoms with Gasteiger partial charge in [-0.3, -0.25) is 4.79 Å². The summed E-state index contributed by atoms with van der Waals surface area (Å²) in [5.74, 6) is -0.533. The molecule has 1 heterocycles. The summed E-state index contributed by atoms with van der Waals surface area (Å²) in [7, 11) is 0. The van der Waals surface area contributed by atoms with Crippen LogP contribution in [0.1, 0.15) is 27.5 Å². The lowest BCUT2D eigenvalue weighted by atomic mass is 9.98. The standard InChI is InChI=1S/C22H17FN4O/c23-19-10-6-17(7-11-19)21(16-4-2-1-3-5-16)26-22(28)18-8-12-20(13-9-18)27-15-24-14-25-27/h1-15,21H,(H,26,28). The molecule has 0 bridgehead atoms. The van der Waals surface area contributed by atoms with Crippen molar-refractivity contribution >= 4 is 5.91 Å². The van der Waals surface area contributed by atoms with E-state index in [1.807, 2.05) is 30.3 Å². The van der Waals surface area contributed by atoms with Crippen LogP contribution in [0.25, 0.3) is 5.69 Å². The van der Waals surface area contributed by atoms with Crippen LogP contribution < -0.4 is 5.32 Å². The van der Waals surface area contributed by atoms with Crippen molar-refractivity contribution in [2.45, 2.75) is 6.04 Å². The summed E-state index contributed by atoms with van der Waals surface area (Å²) >= 11 is 0. The lowest BCUT2D eigenvalue weighted by Gasteiger charge is -2.20. The molecule has 0 saturated carbocycles. The maximum Gasteiger partial charge on any atom is 0.252 e. The number of aromatic nitrogens is 3. The van der Waals surface area contributed by atoms with Gasteiger partial charge in [-0.1, -0.05) is 42.5 Å². The van der Waals surface area contributed by atoms with Crippen molar-refractivity contribution in [3.8, 4) is 5.69 Å². The number of nitrogens with one attached hydrogen (secondary N) is 1. The number of carbonyl (C=O) groups is 1. The van der Waals surface area contributed by atoms with Crippen molar-refractivity contribution in [2.75, 3.05) is 0 Å². The Hall–Kier alpha value is -3.80. The van der Waals surface area contributed by atoms with Gasteiger partial charge < -0.3 is 5.32 Å². The molecule has 1 N–H and O–H groups in total. The third kappa shape index (κ3) is 3.81. The van der Waals surface area contributed by atoms with Crippen molar-refractivity contribution in [3.63, 3.8) is 0 Å². The third-order valence-corrected chi connectivity index (χ3v) is 4.42. The van der Waals surface area contributed by atoms with Crippen LogP contribution in [0, 0.1) is 5.82 Å². The molecule has 0 aliphatic carbocycles. The van der Waals surface area contributed by atoms with E-state index >= 15 is 0 Å². The van der Waals surface area contributed by atoms with Gasteiger partial charge in [-0.2, -0.15) is 5.10 Å². The van der Waals surface area contributed by atoms with E-state index in [1.165, 1.54) is 18.5 Å². The third-order valence-electron chi connectivity index (χ3n) is 4.42. The minimum Gasteiger partial charge on any atom is -0.341 e. The molecule has 0 radical (unpaired) electrons. The molecule has 3 aromatic carbocycles. The second-order valence-corrected chi connectivity index (χ2v) is 6.26. The number of benzene rings is 3. The molecule has 0 aliphatic heterocycles. The highest BCUT2D eigenvalue weighted by atomic mass is 19.1. The molecule has 1 unspecified atom stereocenters. The molecule has 1 atom stereocenters. The van der Waals surface area contributed by atoms with E-state index in [0.29, 0.717) is 5.56 Å². The van der Waals surface area contributed by atoms with Crippen molar-refractivity contribution in [1.82, 2.24) is 20.1 Å². The van der Waals surface area contributed by atoms with Crippen molar-refractivity contribution in [1.29, 1.82) is 0 Å². The van der Waals surface area contributed by atoms with Gasteiger partial charge in [0.1, 0.15) is 18.5 Å². The van der Waals surface area contributed by atoms with E-state index in [0.717, 1.165) is 16.8 Å². The first-order chi connectivity index (χ1) is 13.7. The summed E-state index contributed by atoms with van der Waals surface area (Å²) < 4.78 is 15.0. The summed E-state index contributed by atoms with van der Waals surface area (Å²) in [6.45, 7) is 0. The molecule has 6 heteroatoms. The van der Waals surface area contributed by atoms with Crippen LogP contribution in [-0.2, 0) is 0 Å². The van der Waals surface area contributed by atoms with Crippen LogP contribution in [-0.4, -0.2) is 20.7 Å². The van der Waals surface area contributed by atoms with E-state index in [2.05, 4.69) is 15.4 Å². The molecular weight excluding hydrogens is 355 g/mol. The predicted octanol–water partition coefficient (Wildman–Crippen LogP) is 3.93. The van der Waals surface area contributed by atoms with Gasteiger partial charge in [-0.15, -0.1) is 0 Å². The SMILES string of the molecule is O=C(NC(c1ccccc1)c1ccc(F)cc1)c1ccc(-n2cncn2)cc1. The van der Waals surface area contributed by atoms with Crippen LogP contribution in [0.5, 0.6) is 0 Å². The van der Waals surface area contributed by atoms with Crippen LogP contribution in [0.15, 0.2) is 91.5 Å². The summed E-state index contributed by atoms with van der Waals surface area (Å²) in [4.78, 5) is 16.8. The predicted molar refractivity (Wildman–Crippen MR) is 104 cm³/mol. The molecule has 0 fully saturated rings. The largest absolute Gasteiger partial charge is 0.341 e. The first-order valence-corrected chi connectivity index (χ1v) is 8.77. The maximum atomic E-state index is 13.3. The highest BCUT2D eigenvalue weighted by molar-refractivity contribution is 5.94. The normalized spacial score (nSPS) is 11.8. The molecule has 4 aromatic rings. The summed E-state index contributed by atoms with van der Waals surface area (Å²) in [6.07, 6.45) is 3.04. The Kier molecular flexibility index (Phi) is 4.93. The topological polar surface area (TPSA) is 59.8 Å². The quantitative estimate of drug-likeness (QED) is 0.578. The van der Waals surface area contributed by atoms with Crippen LogP contribution in [0.2, 0.25) is 0 Å². The zero-order chi connectivity index (χ0) is 19.3. The Morgan fingerprint density at radius 3 is 2.21 bits per heavy atom. The van der Waals surface area contributed by atoms with Gasteiger partial charge in [0.25, 0.3) is 5.91 Å². The van der Waals surface area contributed by atoms with Crippen LogP contribution in [0.3, 0.4) is 0 Å². The molecule has 1 aromatic heterocycles. The van der Waals surface area contributed by atoms with Crippen LogP contribution in [0.4, 0.5) is 4.39 Å². The number of nitrogens with zero attached hydrogens (tertiary/aromatic N) is 3. The molecule has 138 valence electrons. The fraction of sp³-hybridized carbons (Fsp3) is 0.0455. The molecule has 5 nitrogen and oxygen atoms in total. The number of rotatable bonds is 5. The molecule has 4 rings (SSSR count). The van der Waals surface area contributed by atoms with Gasteiger partial charge >= 0.3 is 0 Å². The Bertz CT molecular complexity index is 1050. The number of hydrogen-bond donors (Lipinski definition) is 1. The average molecular weight is 372 g/mol. The smallest absolute Gasteiger partial charge is 0.252 e. The fourth-order valence-corrected chi connectivity index (χ4v) is 2.98. The van der Waals surface area contributed by atoms with E-state index in [-0.39, 0.29) is 17.8 Å². The second-order valence-electron chi connectivity index (χ2n) is 6.26. The zero-order valence-electron chi connectivity index (χ0n) is 14.9. The van der Waals surface area contributed by atoms with E-state index < -0.39 is 0 Å². The average Bonchev–Trinajstić information content (AvgIpc) is 3.28. The van der Waals surface area contributed by atoms with Crippen molar-refractivity contribution < 1.29 is 9.18 Å². The molecule has 0 aliphatic rings. The van der Waals surface area contributed by atoms with Gasteiger partial charge in [-0.25, -0.2) is 14.1 Å². The maximum absolute atomic E-state index is 13.3. The Labute approximate surface area is 161 Å². The molecule has 0 spiro atoms. The van der Waals surface area contributed by atoms with Crippen molar-refractivity contribution in [2.24, 2.45) is 0 Å². The first-order valence-electron chi connectivity index (χ1n) is 8.77. The summed E-state index contributed by atoms with van der Waals surface area (Å²) in [5, 5.41) is 7.11. The van der Waals surface area contributed by atoms with E-state index in [4.69, 9.17) is 0 Å². The summed E-state index contributed by atoms with van der Waals surface area (Å²) in [6, 6.07) is 22.4. The second kappa shape index (κ2) is 7.84. The number of halogens is 1. The highest BCUT2D eigenvalue weighted by Gasteiger charge is 2.18. The Morgan fingerprint density at radius 1 is 0.893 bits per heavy atom. The monoisotopic (exact) mass is 372 g/mol. The highest BCUT2D eigenvalue weighted by Crippen LogP contribution is 2.23. The van der Waals surface area contributed by atoms with Crippen LogP contribution >= 0.6 is 0 Å². The Morgan fingerprint density at radius 2 is 1.57 bits per heavy atom. The fourth-order valence-electron chi connectivity index (χ4n) is 2.98. The van der Waals surface area contributed by atoms with E-state index in [1.54, 1.807) is 47.4 Å². The van der Waals surface area contributed by atoms with Gasteiger partial charge in [0.2, 0.25) is 0 Å². The lowest BCUT2D eigenvalue weighted by Crippen LogP contribution is -2.29. The Balaban J connectivity index is 1.59. The van der Waals surface area contributed by atoms with Gasteiger partial charge in [0.15, 0.2) is 0 Å². The summed E-state index contributed by atoms with van der Waals surface area (Å²) in [5.41, 5.74) is 3.06. The van der Waals surface area contributed by atoms with Gasteiger partial charge in [0, 0.05) is 5.56 Å². The van der Waals surface area contributed by atoms with Crippen molar-refractivity contribution in [3.05, 3.63) is 114 Å². The molecule has 0 saturated heterocycles. The van der Waals surface area contributed by atoms with Gasteiger partial charge in [0.05, 0.1) is 11.7 Å². The minimum atomic E-state index is -0.385.